The number of carboxylic acids is 1. The Labute approximate surface area is 187 Å². The van der Waals surface area contributed by atoms with Gasteiger partial charge in [-0.15, -0.1) is 11.8 Å². The zero-order valence-electron chi connectivity index (χ0n) is 17.6. The van der Waals surface area contributed by atoms with Crippen molar-refractivity contribution in [2.45, 2.75) is 43.0 Å². The third kappa shape index (κ3) is 2.97. The van der Waals surface area contributed by atoms with Crippen molar-refractivity contribution in [3.05, 3.63) is 53.9 Å². The van der Waals surface area contributed by atoms with Gasteiger partial charge in [-0.1, -0.05) is 18.2 Å². The van der Waals surface area contributed by atoms with Crippen molar-refractivity contribution in [3.8, 4) is 5.82 Å². The van der Waals surface area contributed by atoms with Crippen molar-refractivity contribution in [2.24, 2.45) is 0 Å². The Hall–Kier alpha value is -3.40. The van der Waals surface area contributed by atoms with E-state index in [2.05, 4.69) is 15.4 Å². The number of amides is 2. The minimum Gasteiger partial charge on any atom is -0.480 e. The van der Waals surface area contributed by atoms with E-state index in [9.17, 15) is 19.5 Å². The molecule has 4 heterocycles. The first-order chi connectivity index (χ1) is 15.2. The Balaban J connectivity index is 1.37. The summed E-state index contributed by atoms with van der Waals surface area (Å²) in [4.78, 5) is 43.2. The summed E-state index contributed by atoms with van der Waals surface area (Å²) in [6.07, 6.45) is 1.45. The molecule has 0 aliphatic carbocycles. The van der Waals surface area contributed by atoms with Crippen LogP contribution < -0.4 is 5.32 Å². The molecule has 3 aromatic rings. The standard InChI is InChI=1S/C22H21N5O4S/c1-11-13(10-23-27(11)15-9-8-12-6-4-5-7-14(12)24-15)18(28)25-16-19(29)26-17(21(30)31)22(2,3)32-20(16)26/h4-10,16-17,20H,1-3H3,(H,25,28)(H,30,31)/t16-,17+,20-/m1/s1. The SMILES string of the molecule is Cc1c(C(=O)N[C@@H]2C(=O)N3[C@@H]2SC(C)(C)[C@@H]3C(=O)O)cnn1-c1ccc2ccccc2n1. The Morgan fingerprint density at radius 2 is 1.94 bits per heavy atom. The highest BCUT2D eigenvalue weighted by molar-refractivity contribution is 8.01. The van der Waals surface area contributed by atoms with E-state index in [1.165, 1.54) is 22.9 Å². The third-order valence-corrected chi connectivity index (χ3v) is 7.59. The van der Waals surface area contributed by atoms with Crippen molar-refractivity contribution in [2.75, 3.05) is 0 Å². The van der Waals surface area contributed by atoms with Gasteiger partial charge in [-0.25, -0.2) is 14.5 Å². The quantitative estimate of drug-likeness (QED) is 0.583. The topological polar surface area (TPSA) is 117 Å². The predicted molar refractivity (Wildman–Crippen MR) is 119 cm³/mol. The van der Waals surface area contributed by atoms with E-state index in [-0.39, 0.29) is 5.91 Å². The Bertz CT molecular complexity index is 1290. The van der Waals surface area contributed by atoms with Gasteiger partial charge in [0.25, 0.3) is 5.91 Å². The molecule has 164 valence electrons. The summed E-state index contributed by atoms with van der Waals surface area (Å²) in [6.45, 7) is 5.36. The molecule has 2 saturated heterocycles. The van der Waals surface area contributed by atoms with Crippen LogP contribution in [-0.2, 0) is 9.59 Å². The van der Waals surface area contributed by atoms with Crippen molar-refractivity contribution in [1.29, 1.82) is 0 Å². The highest BCUT2D eigenvalue weighted by Crippen LogP contribution is 2.50. The minimum absolute atomic E-state index is 0.336. The molecule has 0 bridgehead atoms. The molecule has 0 spiro atoms. The number of nitrogens with zero attached hydrogens (tertiary/aromatic N) is 4. The smallest absolute Gasteiger partial charge is 0.327 e. The van der Waals surface area contributed by atoms with Gasteiger partial charge in [-0.05, 0) is 39.0 Å². The number of aliphatic carboxylic acids is 1. The van der Waals surface area contributed by atoms with E-state index in [4.69, 9.17) is 0 Å². The summed E-state index contributed by atoms with van der Waals surface area (Å²) >= 11 is 1.39. The van der Waals surface area contributed by atoms with Crippen LogP contribution in [0.5, 0.6) is 0 Å². The molecule has 2 aliphatic rings. The van der Waals surface area contributed by atoms with Crippen LogP contribution in [0.1, 0.15) is 29.9 Å². The number of para-hydroxylation sites is 1. The number of carbonyl (C=O) groups is 3. The zero-order valence-corrected chi connectivity index (χ0v) is 18.5. The predicted octanol–water partition coefficient (Wildman–Crippen LogP) is 1.97. The number of hydrogen-bond acceptors (Lipinski definition) is 6. The van der Waals surface area contributed by atoms with Gasteiger partial charge >= 0.3 is 5.97 Å². The van der Waals surface area contributed by atoms with Gasteiger partial charge in [0.15, 0.2) is 5.82 Å². The Kier molecular flexibility index (Phi) is 4.52. The van der Waals surface area contributed by atoms with Gasteiger partial charge in [0.2, 0.25) is 5.91 Å². The van der Waals surface area contributed by atoms with E-state index in [1.54, 1.807) is 25.5 Å². The number of nitrogens with one attached hydrogen (secondary N) is 1. The number of carbonyl (C=O) groups excluding carboxylic acids is 2. The fraction of sp³-hybridized carbons (Fsp3) is 0.318. The second-order valence-electron chi connectivity index (χ2n) is 8.47. The number of pyridine rings is 1. The molecule has 2 aliphatic heterocycles. The normalized spacial score (nSPS) is 23.7. The van der Waals surface area contributed by atoms with Gasteiger partial charge in [-0.2, -0.15) is 5.10 Å². The molecular weight excluding hydrogens is 430 g/mol. The van der Waals surface area contributed by atoms with Crippen molar-refractivity contribution < 1.29 is 19.5 Å². The lowest BCUT2D eigenvalue weighted by Crippen LogP contribution is -2.70. The largest absolute Gasteiger partial charge is 0.480 e. The maximum atomic E-state index is 13.0. The lowest BCUT2D eigenvalue weighted by Gasteiger charge is -2.43. The van der Waals surface area contributed by atoms with E-state index >= 15 is 0 Å². The fourth-order valence-electron chi connectivity index (χ4n) is 4.40. The van der Waals surface area contributed by atoms with E-state index in [0.717, 1.165) is 10.9 Å². The number of rotatable bonds is 4. The highest BCUT2D eigenvalue weighted by atomic mass is 32.2. The second-order valence-corrected chi connectivity index (χ2v) is 10.2. The van der Waals surface area contributed by atoms with Gasteiger partial charge in [-0.3, -0.25) is 9.59 Å². The van der Waals surface area contributed by atoms with Crippen LogP contribution in [-0.4, -0.2) is 64.8 Å². The molecule has 2 aromatic heterocycles. The lowest BCUT2D eigenvalue weighted by atomic mass is 9.96. The molecule has 3 atom stereocenters. The number of benzene rings is 1. The summed E-state index contributed by atoms with van der Waals surface area (Å²) in [5, 5.41) is 17.2. The maximum Gasteiger partial charge on any atom is 0.327 e. The first-order valence-electron chi connectivity index (χ1n) is 10.1. The molecule has 0 saturated carbocycles. The number of carboxylic acid groups (broad SMARTS) is 1. The monoisotopic (exact) mass is 451 g/mol. The Morgan fingerprint density at radius 3 is 2.69 bits per heavy atom. The molecule has 2 N–H and O–H groups in total. The number of hydrogen-bond donors (Lipinski definition) is 2. The molecule has 1 aromatic carbocycles. The van der Waals surface area contributed by atoms with E-state index in [1.807, 2.05) is 36.4 Å². The summed E-state index contributed by atoms with van der Waals surface area (Å²) in [7, 11) is 0. The van der Waals surface area contributed by atoms with Crippen LogP contribution in [0, 0.1) is 6.92 Å². The Morgan fingerprint density at radius 1 is 1.19 bits per heavy atom. The van der Waals surface area contributed by atoms with Gasteiger partial charge in [0, 0.05) is 10.1 Å². The number of aromatic nitrogens is 3. The molecule has 2 fully saturated rings. The summed E-state index contributed by atoms with van der Waals surface area (Å²) in [6, 6.07) is 9.82. The van der Waals surface area contributed by atoms with Crippen LogP contribution in [0.3, 0.4) is 0 Å². The summed E-state index contributed by atoms with van der Waals surface area (Å²) in [5.41, 5.74) is 1.75. The zero-order chi connectivity index (χ0) is 22.8. The number of thioether (sulfide) groups is 1. The van der Waals surface area contributed by atoms with E-state index < -0.39 is 34.1 Å². The van der Waals surface area contributed by atoms with Crippen molar-refractivity contribution in [1.82, 2.24) is 25.0 Å². The second kappa shape index (κ2) is 7.06. The average molecular weight is 452 g/mol. The van der Waals surface area contributed by atoms with Crippen LogP contribution >= 0.6 is 11.8 Å². The molecule has 0 radical (unpaired) electrons. The first-order valence-corrected chi connectivity index (χ1v) is 11.0. The lowest BCUT2D eigenvalue weighted by molar-refractivity contribution is -0.159. The van der Waals surface area contributed by atoms with Crippen LogP contribution in [0.15, 0.2) is 42.6 Å². The average Bonchev–Trinajstić information content (AvgIpc) is 3.26. The van der Waals surface area contributed by atoms with Gasteiger partial charge < -0.3 is 15.3 Å². The first kappa shape index (κ1) is 20.5. The maximum absolute atomic E-state index is 13.0. The van der Waals surface area contributed by atoms with Crippen LogP contribution in [0.25, 0.3) is 16.7 Å². The molecule has 9 nitrogen and oxygen atoms in total. The number of β-lactam (4-membered cyclic amide) rings is 1. The minimum atomic E-state index is -1.04. The van der Waals surface area contributed by atoms with E-state index in [0.29, 0.717) is 17.1 Å². The van der Waals surface area contributed by atoms with Crippen LogP contribution in [0.2, 0.25) is 0 Å². The van der Waals surface area contributed by atoms with Gasteiger partial charge in [0.05, 0.1) is 23.0 Å². The van der Waals surface area contributed by atoms with Crippen LogP contribution in [0.4, 0.5) is 0 Å². The molecule has 2 amide bonds. The molecule has 0 unspecified atom stereocenters. The third-order valence-electron chi connectivity index (χ3n) is 6.02. The molecule has 5 rings (SSSR count). The van der Waals surface area contributed by atoms with Crippen molar-refractivity contribution in [3.63, 3.8) is 0 Å². The number of fused-ring (bicyclic) bond motifs is 2. The fourth-order valence-corrected chi connectivity index (χ4v) is 6.03. The summed E-state index contributed by atoms with van der Waals surface area (Å²) in [5.74, 6) is -1.26. The van der Waals surface area contributed by atoms with Gasteiger partial charge in [0.1, 0.15) is 17.5 Å². The highest BCUT2D eigenvalue weighted by Gasteiger charge is 2.64. The van der Waals surface area contributed by atoms with Crippen molar-refractivity contribution >= 4 is 40.4 Å². The molecular formula is C22H21N5O4S. The summed E-state index contributed by atoms with van der Waals surface area (Å²) < 4.78 is 0.943. The molecule has 32 heavy (non-hydrogen) atoms. The molecule has 10 heteroatoms.